The minimum atomic E-state index is -0.106. The van der Waals surface area contributed by atoms with Gasteiger partial charge in [0.15, 0.2) is 5.69 Å². The second-order valence-electron chi connectivity index (χ2n) is 6.91. The monoisotopic (exact) mass is 389 g/mol. The molecule has 4 heterocycles. The Labute approximate surface area is 163 Å². The SMILES string of the molecule is CC[C@H]1CN2C=NC(N3CCN(C(=O)c4nn(CC)cc4Cl)CC3)=CC2=N1. The van der Waals surface area contributed by atoms with Gasteiger partial charge in [-0.2, -0.15) is 5.10 Å². The molecule has 0 spiro atoms. The maximum Gasteiger partial charge on any atom is 0.276 e. The summed E-state index contributed by atoms with van der Waals surface area (Å²) >= 11 is 6.18. The van der Waals surface area contributed by atoms with E-state index in [9.17, 15) is 4.79 Å². The highest BCUT2D eigenvalue weighted by molar-refractivity contribution is 6.33. The molecule has 1 atom stereocenters. The van der Waals surface area contributed by atoms with Gasteiger partial charge in [-0.1, -0.05) is 18.5 Å². The fourth-order valence-electron chi connectivity index (χ4n) is 3.52. The molecule has 4 rings (SSSR count). The molecule has 1 saturated heterocycles. The number of aromatic nitrogens is 2. The molecule has 0 saturated carbocycles. The van der Waals surface area contributed by atoms with Crippen molar-refractivity contribution >= 4 is 29.7 Å². The summed E-state index contributed by atoms with van der Waals surface area (Å²) in [6.07, 6.45) is 6.66. The first-order valence-electron chi connectivity index (χ1n) is 9.46. The van der Waals surface area contributed by atoms with E-state index in [1.807, 2.05) is 24.2 Å². The van der Waals surface area contributed by atoms with Crippen molar-refractivity contribution in [3.05, 3.63) is 28.8 Å². The van der Waals surface area contributed by atoms with Crippen molar-refractivity contribution in [1.82, 2.24) is 24.5 Å². The Bertz CT molecular complexity index is 820. The summed E-state index contributed by atoms with van der Waals surface area (Å²) in [6.45, 7) is 8.41. The smallest absolute Gasteiger partial charge is 0.276 e. The quantitative estimate of drug-likeness (QED) is 0.785. The third-order valence-electron chi connectivity index (χ3n) is 5.21. The van der Waals surface area contributed by atoms with Crippen LogP contribution in [0.25, 0.3) is 0 Å². The number of aliphatic imine (C=N–C) groups is 2. The number of aryl methyl sites for hydroxylation is 1. The van der Waals surface area contributed by atoms with Gasteiger partial charge >= 0.3 is 0 Å². The Balaban J connectivity index is 1.40. The summed E-state index contributed by atoms with van der Waals surface area (Å²) in [4.78, 5) is 28.2. The highest BCUT2D eigenvalue weighted by Crippen LogP contribution is 2.21. The molecule has 0 aliphatic carbocycles. The molecule has 0 unspecified atom stereocenters. The van der Waals surface area contributed by atoms with Gasteiger partial charge in [0.25, 0.3) is 5.91 Å². The van der Waals surface area contributed by atoms with Crippen LogP contribution in [0.3, 0.4) is 0 Å². The number of amidine groups is 1. The summed E-state index contributed by atoms with van der Waals surface area (Å²) in [5, 5.41) is 4.70. The number of rotatable bonds is 4. The molecule has 27 heavy (non-hydrogen) atoms. The number of fused-ring (bicyclic) bond motifs is 1. The van der Waals surface area contributed by atoms with Crippen molar-refractivity contribution in [3.8, 4) is 0 Å². The first-order valence-corrected chi connectivity index (χ1v) is 9.84. The van der Waals surface area contributed by atoms with Crippen LogP contribution in [0.15, 0.2) is 28.1 Å². The molecule has 144 valence electrons. The lowest BCUT2D eigenvalue weighted by molar-refractivity contribution is 0.0662. The Kier molecular flexibility index (Phi) is 4.90. The number of nitrogens with zero attached hydrogens (tertiary/aromatic N) is 7. The molecule has 1 fully saturated rings. The first kappa shape index (κ1) is 18.0. The number of piperazine rings is 1. The van der Waals surface area contributed by atoms with Gasteiger partial charge in [0, 0.05) is 51.5 Å². The zero-order valence-corrected chi connectivity index (χ0v) is 16.4. The predicted molar refractivity (Wildman–Crippen MR) is 105 cm³/mol. The highest BCUT2D eigenvalue weighted by atomic mass is 35.5. The topological polar surface area (TPSA) is 69.3 Å². The lowest BCUT2D eigenvalue weighted by atomic mass is 10.2. The van der Waals surface area contributed by atoms with Crippen LogP contribution in [0, 0.1) is 0 Å². The van der Waals surface area contributed by atoms with Gasteiger partial charge < -0.3 is 14.7 Å². The largest absolute Gasteiger partial charge is 0.353 e. The van der Waals surface area contributed by atoms with Crippen molar-refractivity contribution in [2.24, 2.45) is 9.98 Å². The van der Waals surface area contributed by atoms with E-state index in [0.717, 1.165) is 37.7 Å². The zero-order valence-electron chi connectivity index (χ0n) is 15.7. The lowest BCUT2D eigenvalue weighted by Crippen LogP contribution is -2.48. The van der Waals surface area contributed by atoms with Crippen molar-refractivity contribution in [1.29, 1.82) is 0 Å². The Morgan fingerprint density at radius 1 is 1.26 bits per heavy atom. The standard InChI is InChI=1S/C18H24ClN7O/c1-3-13-10-25-12-20-15(9-16(25)21-13)23-5-7-24(8-6-23)18(27)17-14(19)11-26(4-2)22-17/h9,11-13H,3-8,10H2,1-2H3/t13-/m0/s1. The molecule has 0 bridgehead atoms. The third kappa shape index (κ3) is 3.45. The van der Waals surface area contributed by atoms with Gasteiger partial charge in [0.1, 0.15) is 11.7 Å². The summed E-state index contributed by atoms with van der Waals surface area (Å²) in [5.74, 6) is 1.80. The minimum absolute atomic E-state index is 0.106. The molecule has 0 N–H and O–H groups in total. The van der Waals surface area contributed by atoms with Crippen LogP contribution in [0.2, 0.25) is 5.02 Å². The lowest BCUT2D eigenvalue weighted by Gasteiger charge is -2.36. The fraction of sp³-hybridized carbons (Fsp3) is 0.556. The first-order chi connectivity index (χ1) is 13.1. The number of hydrogen-bond donors (Lipinski definition) is 0. The Morgan fingerprint density at radius 3 is 2.70 bits per heavy atom. The van der Waals surface area contributed by atoms with E-state index in [4.69, 9.17) is 16.6 Å². The predicted octanol–water partition coefficient (Wildman–Crippen LogP) is 1.69. The van der Waals surface area contributed by atoms with E-state index < -0.39 is 0 Å². The van der Waals surface area contributed by atoms with Crippen LogP contribution in [0.1, 0.15) is 30.8 Å². The normalized spacial score (nSPS) is 22.0. The van der Waals surface area contributed by atoms with Crippen molar-refractivity contribution in [2.75, 3.05) is 32.7 Å². The van der Waals surface area contributed by atoms with E-state index in [0.29, 0.717) is 36.4 Å². The molecular formula is C18H24ClN7O. The summed E-state index contributed by atoms with van der Waals surface area (Å²) < 4.78 is 1.69. The molecule has 1 aromatic rings. The third-order valence-corrected chi connectivity index (χ3v) is 5.49. The van der Waals surface area contributed by atoms with Gasteiger partial charge in [0.05, 0.1) is 17.4 Å². The highest BCUT2D eigenvalue weighted by Gasteiger charge is 2.29. The molecule has 0 aromatic carbocycles. The van der Waals surface area contributed by atoms with E-state index in [2.05, 4.69) is 26.8 Å². The molecule has 9 heteroatoms. The minimum Gasteiger partial charge on any atom is -0.353 e. The fourth-order valence-corrected chi connectivity index (χ4v) is 3.75. The van der Waals surface area contributed by atoms with Crippen LogP contribution < -0.4 is 0 Å². The van der Waals surface area contributed by atoms with E-state index in [1.54, 1.807) is 10.9 Å². The maximum absolute atomic E-state index is 12.7. The van der Waals surface area contributed by atoms with E-state index >= 15 is 0 Å². The molecular weight excluding hydrogens is 366 g/mol. The number of carbonyl (C=O) groups is 1. The number of amides is 1. The molecule has 1 amide bonds. The Morgan fingerprint density at radius 2 is 2.04 bits per heavy atom. The van der Waals surface area contributed by atoms with E-state index in [1.165, 1.54) is 0 Å². The van der Waals surface area contributed by atoms with Gasteiger partial charge in [-0.15, -0.1) is 0 Å². The van der Waals surface area contributed by atoms with Crippen LogP contribution in [0.4, 0.5) is 0 Å². The van der Waals surface area contributed by atoms with Crippen LogP contribution in [0.5, 0.6) is 0 Å². The average Bonchev–Trinajstić information content (AvgIpc) is 3.29. The van der Waals surface area contributed by atoms with Crippen molar-refractivity contribution < 1.29 is 4.79 Å². The molecule has 3 aliphatic rings. The van der Waals surface area contributed by atoms with Crippen molar-refractivity contribution in [2.45, 2.75) is 32.9 Å². The van der Waals surface area contributed by atoms with Gasteiger partial charge in [0.2, 0.25) is 0 Å². The molecule has 8 nitrogen and oxygen atoms in total. The summed E-state index contributed by atoms with van der Waals surface area (Å²) in [6, 6.07) is 0.351. The molecule has 0 radical (unpaired) electrons. The van der Waals surface area contributed by atoms with Crippen LogP contribution in [-0.4, -0.2) is 81.3 Å². The van der Waals surface area contributed by atoms with Crippen molar-refractivity contribution in [3.63, 3.8) is 0 Å². The van der Waals surface area contributed by atoms with Gasteiger partial charge in [-0.25, -0.2) is 4.99 Å². The zero-order chi connectivity index (χ0) is 19.0. The van der Waals surface area contributed by atoms with Crippen LogP contribution in [-0.2, 0) is 6.54 Å². The molecule has 3 aliphatic heterocycles. The van der Waals surface area contributed by atoms with Crippen LogP contribution >= 0.6 is 11.6 Å². The number of halogens is 1. The second-order valence-corrected chi connectivity index (χ2v) is 7.32. The summed E-state index contributed by atoms with van der Waals surface area (Å²) in [7, 11) is 0. The van der Waals surface area contributed by atoms with Gasteiger partial charge in [-0.05, 0) is 13.3 Å². The maximum atomic E-state index is 12.7. The second kappa shape index (κ2) is 7.34. The molecule has 1 aromatic heterocycles. The number of hydrogen-bond acceptors (Lipinski definition) is 6. The summed E-state index contributed by atoms with van der Waals surface area (Å²) in [5.41, 5.74) is 0.337. The van der Waals surface area contributed by atoms with E-state index in [-0.39, 0.29) is 5.91 Å². The number of carbonyl (C=O) groups excluding carboxylic acids is 1. The average molecular weight is 390 g/mol. The Hall–Kier alpha value is -2.35. The van der Waals surface area contributed by atoms with Gasteiger partial charge in [-0.3, -0.25) is 14.5 Å².